The average Bonchev–Trinajstić information content (AvgIpc) is 2.75. The fourth-order valence-corrected chi connectivity index (χ4v) is 3.27. The zero-order valence-corrected chi connectivity index (χ0v) is 11.4. The molecule has 0 unspecified atom stereocenters. The highest BCUT2D eigenvalue weighted by Crippen LogP contribution is 2.18. The van der Waals surface area contributed by atoms with E-state index < -0.39 is 27.2 Å². The first-order chi connectivity index (χ1) is 9.35. The van der Waals surface area contributed by atoms with Crippen molar-refractivity contribution in [3.63, 3.8) is 0 Å². The number of halogens is 2. The number of rotatable bonds is 4. The molecule has 1 heterocycles. The van der Waals surface area contributed by atoms with Crippen LogP contribution in [-0.4, -0.2) is 23.1 Å². The number of benzene rings is 1. The van der Waals surface area contributed by atoms with Crippen LogP contribution in [0.5, 0.6) is 0 Å². The van der Waals surface area contributed by atoms with Crippen molar-refractivity contribution in [1.82, 2.24) is 9.55 Å². The maximum atomic E-state index is 13.1. The van der Waals surface area contributed by atoms with Crippen molar-refractivity contribution in [2.24, 2.45) is 7.05 Å². The summed E-state index contributed by atoms with van der Waals surface area (Å²) in [6.45, 7) is -0.343. The molecule has 0 aliphatic rings. The summed E-state index contributed by atoms with van der Waals surface area (Å²) >= 11 is 0. The zero-order valence-electron chi connectivity index (χ0n) is 10.5. The van der Waals surface area contributed by atoms with Gasteiger partial charge in [0.2, 0.25) is 15.0 Å². The standard InChI is InChI=1S/C12H12F2N2O3S/c1-16-9(6-17)5-15-12(16)20(18,19)7-8-2-3-10(13)11(14)4-8/h2-5,17H,6-7H2,1H3. The second-order valence-electron chi connectivity index (χ2n) is 4.26. The van der Waals surface area contributed by atoms with E-state index in [0.717, 1.165) is 12.1 Å². The fraction of sp³-hybridized carbons (Fsp3) is 0.250. The van der Waals surface area contributed by atoms with Crippen LogP contribution in [0.25, 0.3) is 0 Å². The molecule has 1 aromatic heterocycles. The number of nitrogens with zero attached hydrogens (tertiary/aromatic N) is 2. The summed E-state index contributed by atoms with van der Waals surface area (Å²) in [7, 11) is -2.36. The third-order valence-corrected chi connectivity index (χ3v) is 4.47. The van der Waals surface area contributed by atoms with E-state index in [2.05, 4.69) is 4.98 Å². The van der Waals surface area contributed by atoms with E-state index in [1.54, 1.807) is 0 Å². The average molecular weight is 302 g/mol. The maximum absolute atomic E-state index is 13.1. The van der Waals surface area contributed by atoms with E-state index in [1.165, 1.54) is 23.9 Å². The minimum atomic E-state index is -3.81. The Labute approximate surface area is 114 Å². The molecule has 5 nitrogen and oxygen atoms in total. The molecule has 20 heavy (non-hydrogen) atoms. The Kier molecular flexibility index (Phi) is 3.87. The van der Waals surface area contributed by atoms with Gasteiger partial charge in [0.05, 0.1) is 24.3 Å². The van der Waals surface area contributed by atoms with Crippen LogP contribution in [-0.2, 0) is 29.2 Å². The van der Waals surface area contributed by atoms with Crippen LogP contribution in [0.3, 0.4) is 0 Å². The number of sulfone groups is 1. The first-order valence-electron chi connectivity index (χ1n) is 5.63. The van der Waals surface area contributed by atoms with Gasteiger partial charge in [-0.05, 0) is 17.7 Å². The number of aliphatic hydroxyl groups excluding tert-OH is 1. The molecule has 0 amide bonds. The Morgan fingerprint density at radius 2 is 2.00 bits per heavy atom. The van der Waals surface area contributed by atoms with Gasteiger partial charge in [-0.3, -0.25) is 0 Å². The van der Waals surface area contributed by atoms with E-state index >= 15 is 0 Å². The van der Waals surface area contributed by atoms with Gasteiger partial charge in [-0.2, -0.15) is 0 Å². The molecule has 0 atom stereocenters. The van der Waals surface area contributed by atoms with Crippen molar-refractivity contribution >= 4 is 9.84 Å². The van der Waals surface area contributed by atoms with Crippen LogP contribution in [0.1, 0.15) is 11.3 Å². The van der Waals surface area contributed by atoms with Crippen LogP contribution < -0.4 is 0 Å². The van der Waals surface area contributed by atoms with Crippen molar-refractivity contribution < 1.29 is 22.3 Å². The van der Waals surface area contributed by atoms with Gasteiger partial charge in [0.15, 0.2) is 11.6 Å². The molecule has 0 saturated heterocycles. The molecule has 1 N–H and O–H groups in total. The fourth-order valence-electron chi connectivity index (χ4n) is 1.77. The number of hydrogen-bond donors (Lipinski definition) is 1. The second kappa shape index (κ2) is 5.29. The zero-order chi connectivity index (χ0) is 14.9. The molecular formula is C12H12F2N2O3S. The van der Waals surface area contributed by atoms with Crippen molar-refractivity contribution in [2.45, 2.75) is 17.5 Å². The van der Waals surface area contributed by atoms with E-state index in [4.69, 9.17) is 5.11 Å². The molecular weight excluding hydrogens is 290 g/mol. The predicted molar refractivity (Wildman–Crippen MR) is 66.4 cm³/mol. The SMILES string of the molecule is Cn1c(CO)cnc1S(=O)(=O)Cc1ccc(F)c(F)c1. The highest BCUT2D eigenvalue weighted by atomic mass is 32.2. The third-order valence-electron chi connectivity index (χ3n) is 2.82. The van der Waals surface area contributed by atoms with E-state index in [-0.39, 0.29) is 17.3 Å². The van der Waals surface area contributed by atoms with Gasteiger partial charge in [0.1, 0.15) is 0 Å². The summed E-state index contributed by atoms with van der Waals surface area (Å²) in [5.41, 5.74) is 0.464. The first-order valence-corrected chi connectivity index (χ1v) is 7.28. The highest BCUT2D eigenvalue weighted by Gasteiger charge is 2.22. The van der Waals surface area contributed by atoms with Crippen LogP contribution in [0, 0.1) is 11.6 Å². The van der Waals surface area contributed by atoms with Gasteiger partial charge in [-0.1, -0.05) is 6.07 Å². The van der Waals surface area contributed by atoms with Crippen LogP contribution >= 0.6 is 0 Å². The Morgan fingerprint density at radius 3 is 2.55 bits per heavy atom. The summed E-state index contributed by atoms with van der Waals surface area (Å²) in [6.07, 6.45) is 1.25. The van der Waals surface area contributed by atoms with Crippen molar-refractivity contribution in [3.05, 3.63) is 47.3 Å². The Balaban J connectivity index is 2.35. The van der Waals surface area contributed by atoms with E-state index in [1.807, 2.05) is 0 Å². The van der Waals surface area contributed by atoms with Crippen molar-refractivity contribution in [3.8, 4) is 0 Å². The summed E-state index contributed by atoms with van der Waals surface area (Å²) in [5.74, 6) is -2.64. The molecule has 0 aliphatic carbocycles. The number of imidazole rings is 1. The molecule has 0 spiro atoms. The lowest BCUT2D eigenvalue weighted by atomic mass is 10.2. The molecule has 0 saturated carbocycles. The molecule has 0 bridgehead atoms. The lowest BCUT2D eigenvalue weighted by Crippen LogP contribution is -2.12. The maximum Gasteiger partial charge on any atom is 0.227 e. The van der Waals surface area contributed by atoms with Gasteiger partial charge in [-0.25, -0.2) is 22.2 Å². The molecule has 108 valence electrons. The predicted octanol–water partition coefficient (Wildman–Crippen LogP) is 1.16. The minimum Gasteiger partial charge on any atom is -0.390 e. The molecule has 2 rings (SSSR count). The lowest BCUT2D eigenvalue weighted by Gasteiger charge is -2.06. The highest BCUT2D eigenvalue weighted by molar-refractivity contribution is 7.90. The topological polar surface area (TPSA) is 72.2 Å². The smallest absolute Gasteiger partial charge is 0.227 e. The quantitative estimate of drug-likeness (QED) is 0.920. The Hall–Kier alpha value is -1.80. The summed E-state index contributed by atoms with van der Waals surface area (Å²) < 4.78 is 51.4. The van der Waals surface area contributed by atoms with Crippen molar-refractivity contribution in [2.75, 3.05) is 0 Å². The largest absolute Gasteiger partial charge is 0.390 e. The number of aromatic nitrogens is 2. The van der Waals surface area contributed by atoms with E-state index in [0.29, 0.717) is 5.69 Å². The first kappa shape index (κ1) is 14.6. The van der Waals surface area contributed by atoms with Crippen LogP contribution in [0.2, 0.25) is 0 Å². The van der Waals surface area contributed by atoms with Gasteiger partial charge in [0, 0.05) is 7.05 Å². The van der Waals surface area contributed by atoms with Crippen LogP contribution in [0.4, 0.5) is 8.78 Å². The van der Waals surface area contributed by atoms with Crippen LogP contribution in [0.15, 0.2) is 29.6 Å². The summed E-state index contributed by atoms with van der Waals surface area (Å²) in [4.78, 5) is 3.74. The minimum absolute atomic E-state index is 0.123. The molecule has 0 fully saturated rings. The number of hydrogen-bond acceptors (Lipinski definition) is 4. The normalized spacial score (nSPS) is 11.8. The van der Waals surface area contributed by atoms with Gasteiger partial charge in [0.25, 0.3) is 0 Å². The molecule has 1 aromatic carbocycles. The summed E-state index contributed by atoms with van der Waals surface area (Å²) in [5, 5.41) is 8.78. The van der Waals surface area contributed by atoms with Gasteiger partial charge in [-0.15, -0.1) is 0 Å². The monoisotopic (exact) mass is 302 g/mol. The molecule has 0 radical (unpaired) electrons. The molecule has 8 heteroatoms. The lowest BCUT2D eigenvalue weighted by molar-refractivity contribution is 0.271. The third kappa shape index (κ3) is 2.70. The number of aliphatic hydroxyl groups is 1. The molecule has 2 aromatic rings. The van der Waals surface area contributed by atoms with Crippen molar-refractivity contribution in [1.29, 1.82) is 0 Å². The van der Waals surface area contributed by atoms with E-state index in [9.17, 15) is 17.2 Å². The van der Waals surface area contributed by atoms with Gasteiger partial charge < -0.3 is 9.67 Å². The van der Waals surface area contributed by atoms with Gasteiger partial charge >= 0.3 is 0 Å². The Bertz CT molecular complexity index is 741. The Morgan fingerprint density at radius 1 is 1.30 bits per heavy atom. The second-order valence-corrected chi connectivity index (χ2v) is 6.14. The summed E-state index contributed by atoms with van der Waals surface area (Å²) in [6, 6.07) is 2.91. The molecule has 0 aliphatic heterocycles.